The number of hydrogen-bond donors (Lipinski definition) is 1. The van der Waals surface area contributed by atoms with E-state index in [4.69, 9.17) is 5.26 Å². The molecule has 70 valence electrons. The number of ether oxygens (including phenoxy) is 1. The van der Waals surface area contributed by atoms with Gasteiger partial charge >= 0.3 is 0 Å². The lowest BCUT2D eigenvalue weighted by Crippen LogP contribution is -1.80. The van der Waals surface area contributed by atoms with Gasteiger partial charge in [0.2, 0.25) is 0 Å². The molecule has 0 saturated heterocycles. The maximum atomic E-state index is 9.18. The van der Waals surface area contributed by atoms with Crippen LogP contribution >= 0.6 is 0 Å². The van der Waals surface area contributed by atoms with Gasteiger partial charge in [0.05, 0.1) is 19.1 Å². The van der Waals surface area contributed by atoms with Crippen LogP contribution in [0.3, 0.4) is 0 Å². The zero-order valence-electron chi connectivity index (χ0n) is 7.49. The molecule has 0 amide bonds. The molecule has 0 aliphatic heterocycles. The first-order valence-corrected chi connectivity index (χ1v) is 3.89. The van der Waals surface area contributed by atoms with Crippen molar-refractivity contribution in [1.82, 2.24) is 4.98 Å². The molecule has 0 aliphatic carbocycles. The van der Waals surface area contributed by atoms with E-state index in [0.717, 1.165) is 5.56 Å². The van der Waals surface area contributed by atoms with Gasteiger partial charge < -0.3 is 9.72 Å². The molecule has 1 heterocycles. The summed E-state index contributed by atoms with van der Waals surface area (Å²) in [6.07, 6.45) is 4.14. The van der Waals surface area contributed by atoms with Crippen molar-refractivity contribution in [2.75, 3.05) is 6.61 Å². The van der Waals surface area contributed by atoms with Gasteiger partial charge in [-0.15, -0.1) is 0 Å². The van der Waals surface area contributed by atoms with Gasteiger partial charge in [0, 0.05) is 12.4 Å². The Hall–Kier alpha value is -1.76. The fourth-order valence-electron chi connectivity index (χ4n) is 0.628. The first-order chi connectivity index (χ1) is 6.35. The van der Waals surface area contributed by atoms with Crippen LogP contribution in [0.4, 0.5) is 0 Å². The first kappa shape index (κ1) is 11.2. The van der Waals surface area contributed by atoms with Gasteiger partial charge in [-0.1, -0.05) is 0 Å². The van der Waals surface area contributed by atoms with E-state index in [1.54, 1.807) is 6.92 Å². The van der Waals surface area contributed by atoms with Gasteiger partial charge in [0.25, 0.3) is 6.47 Å². The first-order valence-electron chi connectivity index (χ1n) is 3.89. The molecule has 0 spiro atoms. The molecule has 0 aliphatic rings. The average molecular weight is 180 g/mol. The van der Waals surface area contributed by atoms with Crippen molar-refractivity contribution >= 4 is 6.47 Å². The number of nitrogens with zero attached hydrogens (tertiary/aromatic N) is 1. The fraction of sp³-hybridized carbons (Fsp3) is 0.333. The zero-order valence-corrected chi connectivity index (χ0v) is 7.49. The zero-order chi connectivity index (χ0) is 9.94. The number of rotatable bonds is 3. The van der Waals surface area contributed by atoms with Crippen molar-refractivity contribution in [3.63, 3.8) is 0 Å². The number of carbonyl (C=O) groups excluding carboxylic acids is 1. The smallest absolute Gasteiger partial charge is 0.293 e. The third kappa shape index (κ3) is 6.63. The summed E-state index contributed by atoms with van der Waals surface area (Å²) in [5, 5.41) is 8.17. The maximum Gasteiger partial charge on any atom is 0.293 e. The second-order valence-electron chi connectivity index (χ2n) is 2.11. The predicted molar refractivity (Wildman–Crippen MR) is 47.8 cm³/mol. The van der Waals surface area contributed by atoms with Gasteiger partial charge in [-0.05, 0) is 18.6 Å². The third-order valence-corrected chi connectivity index (χ3v) is 1.18. The molecule has 0 fully saturated rings. The second-order valence-corrected chi connectivity index (χ2v) is 2.11. The Balaban J connectivity index is 0.000000252. The average Bonchev–Trinajstić information content (AvgIpc) is 2.60. The van der Waals surface area contributed by atoms with Gasteiger partial charge in [-0.2, -0.15) is 5.26 Å². The van der Waals surface area contributed by atoms with Crippen LogP contribution in [0.25, 0.3) is 0 Å². The van der Waals surface area contributed by atoms with Crippen molar-refractivity contribution < 1.29 is 9.53 Å². The number of aromatic nitrogens is 1. The third-order valence-electron chi connectivity index (χ3n) is 1.18. The lowest BCUT2D eigenvalue weighted by atomic mass is 10.3. The molecule has 1 aromatic heterocycles. The van der Waals surface area contributed by atoms with Crippen LogP contribution in [-0.4, -0.2) is 18.1 Å². The highest BCUT2D eigenvalue weighted by molar-refractivity contribution is 5.36. The Bertz CT molecular complexity index is 249. The van der Waals surface area contributed by atoms with Crippen LogP contribution in [0.1, 0.15) is 12.5 Å². The Kier molecular flexibility index (Phi) is 7.21. The topological polar surface area (TPSA) is 65.9 Å². The van der Waals surface area contributed by atoms with Crippen LogP contribution in [0.5, 0.6) is 0 Å². The van der Waals surface area contributed by atoms with E-state index in [2.05, 4.69) is 15.8 Å². The minimum atomic E-state index is 0.431. The van der Waals surface area contributed by atoms with E-state index in [9.17, 15) is 4.79 Å². The quantitative estimate of drug-likeness (QED) is 0.712. The summed E-state index contributed by atoms with van der Waals surface area (Å²) in [6, 6.07) is 3.94. The number of aromatic amines is 1. The summed E-state index contributed by atoms with van der Waals surface area (Å²) < 4.78 is 4.15. The molecule has 0 saturated carbocycles. The molecule has 13 heavy (non-hydrogen) atoms. The largest absolute Gasteiger partial charge is 0.468 e. The van der Waals surface area contributed by atoms with Crippen LogP contribution in [0, 0.1) is 11.3 Å². The molecule has 0 radical (unpaired) electrons. The van der Waals surface area contributed by atoms with Crippen LogP contribution in [-0.2, 0) is 16.0 Å². The molecule has 1 rings (SSSR count). The van der Waals surface area contributed by atoms with Gasteiger partial charge in [-0.3, -0.25) is 4.79 Å². The van der Waals surface area contributed by atoms with Crippen molar-refractivity contribution in [2.45, 2.75) is 13.3 Å². The molecular formula is C9H12N2O2. The standard InChI is InChI=1S/C6H6N2.C3H6O2/c7-3-1-6-2-4-8-5-6;1-2-5-3-4/h2,4-5,8H,1H2;3H,2H2,1H3. The summed E-state index contributed by atoms with van der Waals surface area (Å²) in [6.45, 7) is 2.66. The van der Waals surface area contributed by atoms with Crippen LogP contribution in [0.2, 0.25) is 0 Å². The van der Waals surface area contributed by atoms with Crippen LogP contribution < -0.4 is 0 Å². The Morgan fingerprint density at radius 2 is 2.54 bits per heavy atom. The molecular weight excluding hydrogens is 168 g/mol. The van der Waals surface area contributed by atoms with Gasteiger partial charge in [0.15, 0.2) is 0 Å². The van der Waals surface area contributed by atoms with E-state index in [1.807, 2.05) is 18.5 Å². The van der Waals surface area contributed by atoms with E-state index < -0.39 is 0 Å². The van der Waals surface area contributed by atoms with E-state index >= 15 is 0 Å². The number of H-pyrrole nitrogens is 1. The van der Waals surface area contributed by atoms with E-state index in [1.165, 1.54) is 0 Å². The highest BCUT2D eigenvalue weighted by Crippen LogP contribution is 1.94. The number of nitrogens with one attached hydrogen (secondary N) is 1. The summed E-state index contributed by atoms with van der Waals surface area (Å²) in [7, 11) is 0. The highest BCUT2D eigenvalue weighted by atomic mass is 16.5. The maximum absolute atomic E-state index is 9.18. The molecule has 0 bridgehead atoms. The monoisotopic (exact) mass is 180 g/mol. The highest BCUT2D eigenvalue weighted by Gasteiger charge is 1.85. The molecule has 1 aromatic rings. The van der Waals surface area contributed by atoms with E-state index in [-0.39, 0.29) is 0 Å². The van der Waals surface area contributed by atoms with Crippen molar-refractivity contribution in [3.8, 4) is 6.07 Å². The lowest BCUT2D eigenvalue weighted by Gasteiger charge is -1.79. The minimum absolute atomic E-state index is 0.431. The fourth-order valence-corrected chi connectivity index (χ4v) is 0.628. The molecule has 4 nitrogen and oxygen atoms in total. The summed E-state index contributed by atoms with van der Waals surface area (Å²) in [5.74, 6) is 0. The Morgan fingerprint density at radius 1 is 1.77 bits per heavy atom. The van der Waals surface area contributed by atoms with Crippen molar-refractivity contribution in [2.24, 2.45) is 0 Å². The molecule has 0 atom stereocenters. The second kappa shape index (κ2) is 8.34. The summed E-state index contributed by atoms with van der Waals surface area (Å²) in [4.78, 5) is 12.0. The lowest BCUT2D eigenvalue weighted by molar-refractivity contribution is -0.128. The molecule has 1 N–H and O–H groups in total. The minimum Gasteiger partial charge on any atom is -0.468 e. The Morgan fingerprint density at radius 3 is 2.85 bits per heavy atom. The summed E-state index contributed by atoms with van der Waals surface area (Å²) in [5.41, 5.74) is 1.05. The number of carbonyl (C=O) groups is 1. The number of hydrogen-bond acceptors (Lipinski definition) is 3. The van der Waals surface area contributed by atoms with Crippen molar-refractivity contribution in [3.05, 3.63) is 24.0 Å². The molecule has 4 heteroatoms. The summed E-state index contributed by atoms with van der Waals surface area (Å²) >= 11 is 0. The number of nitriles is 1. The normalized spacial score (nSPS) is 7.69. The Labute approximate surface area is 77.1 Å². The predicted octanol–water partition coefficient (Wildman–Crippen LogP) is 1.26. The van der Waals surface area contributed by atoms with Gasteiger partial charge in [0.1, 0.15) is 0 Å². The SMILES string of the molecule is CCOC=O.N#CCc1cc[nH]c1. The molecule has 0 unspecified atom stereocenters. The van der Waals surface area contributed by atoms with E-state index in [0.29, 0.717) is 19.5 Å². The van der Waals surface area contributed by atoms with Crippen LogP contribution in [0.15, 0.2) is 18.5 Å². The molecule has 0 aromatic carbocycles. The van der Waals surface area contributed by atoms with Gasteiger partial charge in [-0.25, -0.2) is 0 Å². The van der Waals surface area contributed by atoms with Crippen molar-refractivity contribution in [1.29, 1.82) is 5.26 Å².